The van der Waals surface area contributed by atoms with Crippen molar-refractivity contribution in [1.29, 1.82) is 0 Å². The first kappa shape index (κ1) is 13.7. The first-order chi connectivity index (χ1) is 10.3. The SMILES string of the molecule is O=C(Cc1ccccc1)NCCc1ccc2c(c1)CCO2. The van der Waals surface area contributed by atoms with Gasteiger partial charge in [-0.2, -0.15) is 0 Å². The molecule has 0 radical (unpaired) electrons. The van der Waals surface area contributed by atoms with Crippen LogP contribution < -0.4 is 10.1 Å². The van der Waals surface area contributed by atoms with Gasteiger partial charge in [0, 0.05) is 13.0 Å². The van der Waals surface area contributed by atoms with Gasteiger partial charge in [0.15, 0.2) is 0 Å². The molecule has 108 valence electrons. The Morgan fingerprint density at radius 1 is 1.10 bits per heavy atom. The third kappa shape index (κ3) is 3.63. The third-order valence-corrected chi connectivity index (χ3v) is 3.70. The van der Waals surface area contributed by atoms with E-state index in [1.165, 1.54) is 11.1 Å². The van der Waals surface area contributed by atoms with Gasteiger partial charge in [0.2, 0.25) is 5.91 Å². The summed E-state index contributed by atoms with van der Waals surface area (Å²) in [5.74, 6) is 1.08. The van der Waals surface area contributed by atoms with Gasteiger partial charge in [0.25, 0.3) is 0 Å². The summed E-state index contributed by atoms with van der Waals surface area (Å²) in [5.41, 5.74) is 3.58. The number of amides is 1. The summed E-state index contributed by atoms with van der Waals surface area (Å²) in [4.78, 5) is 11.9. The van der Waals surface area contributed by atoms with Gasteiger partial charge in [-0.3, -0.25) is 4.79 Å². The van der Waals surface area contributed by atoms with Crippen LogP contribution in [0.3, 0.4) is 0 Å². The molecule has 3 nitrogen and oxygen atoms in total. The summed E-state index contributed by atoms with van der Waals surface area (Å²) in [5, 5.41) is 2.98. The van der Waals surface area contributed by atoms with Crippen molar-refractivity contribution >= 4 is 5.91 Å². The average Bonchev–Trinajstić information content (AvgIpc) is 2.96. The fourth-order valence-corrected chi connectivity index (χ4v) is 2.59. The third-order valence-electron chi connectivity index (χ3n) is 3.70. The number of carbonyl (C=O) groups is 1. The molecule has 0 spiro atoms. The van der Waals surface area contributed by atoms with E-state index >= 15 is 0 Å². The van der Waals surface area contributed by atoms with Crippen LogP contribution in [0.1, 0.15) is 16.7 Å². The second-order valence-electron chi connectivity index (χ2n) is 5.30. The topological polar surface area (TPSA) is 38.3 Å². The molecule has 0 aromatic heterocycles. The van der Waals surface area contributed by atoms with Crippen LogP contribution in [0.4, 0.5) is 0 Å². The zero-order chi connectivity index (χ0) is 14.5. The molecule has 0 unspecified atom stereocenters. The summed E-state index contributed by atoms with van der Waals surface area (Å²) >= 11 is 0. The Hall–Kier alpha value is -2.29. The van der Waals surface area contributed by atoms with E-state index in [-0.39, 0.29) is 5.91 Å². The maximum Gasteiger partial charge on any atom is 0.224 e. The highest BCUT2D eigenvalue weighted by Gasteiger charge is 2.11. The quantitative estimate of drug-likeness (QED) is 0.914. The molecule has 1 heterocycles. The molecule has 1 aliphatic heterocycles. The molecule has 0 atom stereocenters. The molecule has 2 aromatic rings. The maximum atomic E-state index is 11.9. The molecule has 0 aliphatic carbocycles. The lowest BCUT2D eigenvalue weighted by Crippen LogP contribution is -2.27. The number of nitrogens with one attached hydrogen (secondary N) is 1. The maximum absolute atomic E-state index is 11.9. The Kier molecular flexibility index (Phi) is 4.20. The lowest BCUT2D eigenvalue weighted by atomic mass is 10.1. The van der Waals surface area contributed by atoms with Crippen molar-refractivity contribution in [3.8, 4) is 5.75 Å². The second-order valence-corrected chi connectivity index (χ2v) is 5.30. The van der Waals surface area contributed by atoms with Gasteiger partial charge in [-0.05, 0) is 29.2 Å². The van der Waals surface area contributed by atoms with E-state index in [4.69, 9.17) is 4.74 Å². The lowest BCUT2D eigenvalue weighted by Gasteiger charge is -2.07. The van der Waals surface area contributed by atoms with E-state index in [0.717, 1.165) is 30.8 Å². The Labute approximate surface area is 124 Å². The molecule has 3 heteroatoms. The second kappa shape index (κ2) is 6.44. The Bertz CT molecular complexity index is 622. The predicted molar refractivity (Wildman–Crippen MR) is 82.5 cm³/mol. The molecule has 0 saturated heterocycles. The zero-order valence-electron chi connectivity index (χ0n) is 12.0. The highest BCUT2D eigenvalue weighted by molar-refractivity contribution is 5.78. The first-order valence-corrected chi connectivity index (χ1v) is 7.36. The van der Waals surface area contributed by atoms with Crippen LogP contribution in [0.5, 0.6) is 5.75 Å². The van der Waals surface area contributed by atoms with E-state index in [0.29, 0.717) is 13.0 Å². The van der Waals surface area contributed by atoms with Gasteiger partial charge < -0.3 is 10.1 Å². The van der Waals surface area contributed by atoms with Gasteiger partial charge in [0.05, 0.1) is 13.0 Å². The Balaban J connectivity index is 1.46. The molecule has 1 amide bonds. The molecule has 0 bridgehead atoms. The summed E-state index contributed by atoms with van der Waals surface area (Å²) < 4.78 is 5.49. The average molecular weight is 281 g/mol. The molecule has 0 fully saturated rings. The predicted octanol–water partition coefficient (Wildman–Crippen LogP) is 2.52. The molecular formula is C18H19NO2. The van der Waals surface area contributed by atoms with Crippen molar-refractivity contribution < 1.29 is 9.53 Å². The van der Waals surface area contributed by atoms with Crippen molar-refractivity contribution in [2.24, 2.45) is 0 Å². The van der Waals surface area contributed by atoms with Crippen LogP contribution in [0.15, 0.2) is 48.5 Å². The number of benzene rings is 2. The monoisotopic (exact) mass is 281 g/mol. The van der Waals surface area contributed by atoms with Gasteiger partial charge in [-0.1, -0.05) is 42.5 Å². The van der Waals surface area contributed by atoms with E-state index in [1.54, 1.807) is 0 Å². The first-order valence-electron chi connectivity index (χ1n) is 7.36. The van der Waals surface area contributed by atoms with Gasteiger partial charge in [0.1, 0.15) is 5.75 Å². The smallest absolute Gasteiger partial charge is 0.224 e. The molecule has 0 saturated carbocycles. The number of hydrogen-bond acceptors (Lipinski definition) is 2. The van der Waals surface area contributed by atoms with Crippen LogP contribution in [-0.2, 0) is 24.1 Å². The number of carbonyl (C=O) groups excluding carboxylic acids is 1. The zero-order valence-corrected chi connectivity index (χ0v) is 12.0. The van der Waals surface area contributed by atoms with Gasteiger partial charge in [-0.25, -0.2) is 0 Å². The summed E-state index contributed by atoms with van der Waals surface area (Å²) in [6, 6.07) is 16.1. The molecule has 1 N–H and O–H groups in total. The number of fused-ring (bicyclic) bond motifs is 1. The molecule has 2 aromatic carbocycles. The summed E-state index contributed by atoms with van der Waals surface area (Å²) in [6.45, 7) is 1.46. The van der Waals surface area contributed by atoms with Crippen LogP contribution in [0.2, 0.25) is 0 Å². The minimum Gasteiger partial charge on any atom is -0.493 e. The molecular weight excluding hydrogens is 262 g/mol. The number of ether oxygens (including phenoxy) is 1. The fraction of sp³-hybridized carbons (Fsp3) is 0.278. The van der Waals surface area contributed by atoms with Crippen molar-refractivity contribution in [1.82, 2.24) is 5.32 Å². The Morgan fingerprint density at radius 2 is 1.95 bits per heavy atom. The highest BCUT2D eigenvalue weighted by atomic mass is 16.5. The van der Waals surface area contributed by atoms with Gasteiger partial charge in [-0.15, -0.1) is 0 Å². The fourth-order valence-electron chi connectivity index (χ4n) is 2.59. The van der Waals surface area contributed by atoms with E-state index in [2.05, 4.69) is 17.4 Å². The van der Waals surface area contributed by atoms with Crippen LogP contribution in [-0.4, -0.2) is 19.1 Å². The standard InChI is InChI=1S/C18H19NO2/c20-18(13-14-4-2-1-3-5-14)19-10-8-15-6-7-17-16(12-15)9-11-21-17/h1-7,12H,8-11,13H2,(H,19,20). The normalized spacial score (nSPS) is 12.6. The number of hydrogen-bond donors (Lipinski definition) is 1. The molecule has 1 aliphatic rings. The molecule has 21 heavy (non-hydrogen) atoms. The van der Waals surface area contributed by atoms with Crippen molar-refractivity contribution in [2.75, 3.05) is 13.2 Å². The summed E-state index contributed by atoms with van der Waals surface area (Å²) in [6.07, 6.45) is 2.29. The van der Waals surface area contributed by atoms with E-state index in [1.807, 2.05) is 36.4 Å². The van der Waals surface area contributed by atoms with Crippen LogP contribution in [0.25, 0.3) is 0 Å². The highest BCUT2D eigenvalue weighted by Crippen LogP contribution is 2.25. The molecule has 3 rings (SSSR count). The van der Waals surface area contributed by atoms with Crippen molar-refractivity contribution in [2.45, 2.75) is 19.3 Å². The number of rotatable bonds is 5. The Morgan fingerprint density at radius 3 is 2.81 bits per heavy atom. The van der Waals surface area contributed by atoms with Crippen molar-refractivity contribution in [3.05, 3.63) is 65.2 Å². The van der Waals surface area contributed by atoms with E-state index in [9.17, 15) is 4.79 Å². The summed E-state index contributed by atoms with van der Waals surface area (Å²) in [7, 11) is 0. The van der Waals surface area contributed by atoms with E-state index < -0.39 is 0 Å². The minimum atomic E-state index is 0.0747. The lowest BCUT2D eigenvalue weighted by molar-refractivity contribution is -0.120. The van der Waals surface area contributed by atoms with Gasteiger partial charge >= 0.3 is 0 Å². The van der Waals surface area contributed by atoms with Crippen LogP contribution >= 0.6 is 0 Å². The van der Waals surface area contributed by atoms with Crippen molar-refractivity contribution in [3.63, 3.8) is 0 Å². The van der Waals surface area contributed by atoms with Crippen LogP contribution in [0, 0.1) is 0 Å². The largest absolute Gasteiger partial charge is 0.493 e. The minimum absolute atomic E-state index is 0.0747.